The van der Waals surface area contributed by atoms with Crippen molar-refractivity contribution in [2.75, 3.05) is 29.9 Å². The van der Waals surface area contributed by atoms with E-state index in [2.05, 4.69) is 35.4 Å². The number of rotatable bonds is 5. The number of aliphatic hydroxyl groups is 1. The number of nitrogens with one attached hydrogen (secondary N) is 3. The minimum absolute atomic E-state index is 0.241. The number of aromatic amines is 2. The highest BCUT2D eigenvalue weighted by Crippen LogP contribution is 2.23. The van der Waals surface area contributed by atoms with Gasteiger partial charge in [0.15, 0.2) is 11.6 Å². The van der Waals surface area contributed by atoms with Gasteiger partial charge in [-0.05, 0) is 55.5 Å². The van der Waals surface area contributed by atoms with Crippen LogP contribution in [0.25, 0.3) is 22.6 Å². The van der Waals surface area contributed by atoms with Crippen LogP contribution in [-0.2, 0) is 0 Å². The van der Waals surface area contributed by atoms with Crippen molar-refractivity contribution in [2.24, 2.45) is 5.92 Å². The van der Waals surface area contributed by atoms with Gasteiger partial charge >= 0.3 is 0 Å². The predicted octanol–water partition coefficient (Wildman–Crippen LogP) is 3.12. The quantitative estimate of drug-likeness (QED) is 0.385. The Labute approximate surface area is 184 Å². The van der Waals surface area contributed by atoms with Crippen LogP contribution in [0.1, 0.15) is 28.8 Å². The molecule has 0 radical (unpaired) electrons. The van der Waals surface area contributed by atoms with Crippen LogP contribution in [0.4, 0.5) is 11.6 Å². The van der Waals surface area contributed by atoms with Gasteiger partial charge in [0.1, 0.15) is 11.5 Å². The van der Waals surface area contributed by atoms with Gasteiger partial charge in [-0.2, -0.15) is 5.10 Å². The lowest BCUT2D eigenvalue weighted by atomic mass is 9.98. The number of carbonyl (C=O) groups is 1. The fourth-order valence-corrected chi connectivity index (χ4v) is 4.00. The maximum absolute atomic E-state index is 12.6. The number of aryl methyl sites for hydroxylation is 1. The third-order valence-electron chi connectivity index (χ3n) is 5.92. The maximum Gasteiger partial charge on any atom is 0.258 e. The number of fused-ring (bicyclic) bond motifs is 1. The second-order valence-corrected chi connectivity index (χ2v) is 8.25. The van der Waals surface area contributed by atoms with Crippen LogP contribution in [0.3, 0.4) is 0 Å². The number of hydrogen-bond acceptors (Lipinski definition) is 6. The van der Waals surface area contributed by atoms with E-state index < -0.39 is 0 Å². The Morgan fingerprint density at radius 1 is 1.22 bits per heavy atom. The van der Waals surface area contributed by atoms with Gasteiger partial charge in [0.2, 0.25) is 0 Å². The van der Waals surface area contributed by atoms with Crippen LogP contribution in [0.15, 0.2) is 42.6 Å². The molecule has 1 fully saturated rings. The number of carbonyl (C=O) groups excluding carboxylic acids is 1. The summed E-state index contributed by atoms with van der Waals surface area (Å²) in [4.78, 5) is 27.1. The van der Waals surface area contributed by atoms with Crippen molar-refractivity contribution in [1.29, 1.82) is 0 Å². The van der Waals surface area contributed by atoms with Crippen LogP contribution >= 0.6 is 0 Å². The first-order chi connectivity index (χ1) is 15.6. The number of anilines is 2. The van der Waals surface area contributed by atoms with Crippen molar-refractivity contribution < 1.29 is 9.90 Å². The summed E-state index contributed by atoms with van der Waals surface area (Å²) in [6, 6.07) is 11.4. The number of H-pyrrole nitrogens is 2. The first kappa shape index (κ1) is 20.2. The molecule has 0 spiro atoms. The summed E-state index contributed by atoms with van der Waals surface area (Å²) in [5.74, 6) is 2.02. The highest BCUT2D eigenvalue weighted by molar-refractivity contribution is 6.03. The average molecular weight is 432 g/mol. The molecule has 1 amide bonds. The number of nitrogens with zero attached hydrogens (tertiary/aromatic N) is 4. The minimum atomic E-state index is -0.277. The molecule has 4 heterocycles. The molecule has 32 heavy (non-hydrogen) atoms. The Hall–Kier alpha value is -3.72. The van der Waals surface area contributed by atoms with Gasteiger partial charge in [-0.25, -0.2) is 9.97 Å². The lowest BCUT2D eigenvalue weighted by Crippen LogP contribution is -2.35. The fraction of sp³-hybridized carbons (Fsp3) is 0.304. The van der Waals surface area contributed by atoms with E-state index in [1.807, 2.05) is 31.2 Å². The van der Waals surface area contributed by atoms with Gasteiger partial charge in [0.25, 0.3) is 5.91 Å². The molecule has 1 aliphatic heterocycles. The van der Waals surface area contributed by atoms with E-state index in [0.29, 0.717) is 28.8 Å². The van der Waals surface area contributed by atoms with E-state index in [1.165, 1.54) is 0 Å². The topological polar surface area (TPSA) is 123 Å². The van der Waals surface area contributed by atoms with Crippen LogP contribution < -0.4 is 10.2 Å². The van der Waals surface area contributed by atoms with E-state index >= 15 is 0 Å². The van der Waals surface area contributed by atoms with Crippen LogP contribution in [-0.4, -0.2) is 55.9 Å². The lowest BCUT2D eigenvalue weighted by Gasteiger charge is -2.31. The number of hydrogen-bond donors (Lipinski definition) is 4. The molecule has 0 bridgehead atoms. The number of aliphatic hydroxyl groups excluding tert-OH is 1. The third kappa shape index (κ3) is 4.06. The Balaban J connectivity index is 1.25. The molecule has 0 unspecified atom stereocenters. The molecule has 4 N–H and O–H groups in total. The second kappa shape index (κ2) is 8.43. The van der Waals surface area contributed by atoms with Gasteiger partial charge in [-0.3, -0.25) is 9.89 Å². The fourth-order valence-electron chi connectivity index (χ4n) is 4.00. The van der Waals surface area contributed by atoms with Crippen molar-refractivity contribution in [2.45, 2.75) is 19.8 Å². The predicted molar refractivity (Wildman–Crippen MR) is 123 cm³/mol. The van der Waals surface area contributed by atoms with Gasteiger partial charge in [-0.1, -0.05) is 6.07 Å². The molecule has 1 aliphatic rings. The van der Waals surface area contributed by atoms with E-state index in [0.717, 1.165) is 48.3 Å². The molecular formula is C23H25N7O2. The van der Waals surface area contributed by atoms with Crippen molar-refractivity contribution in [3.63, 3.8) is 0 Å². The Morgan fingerprint density at radius 2 is 2.06 bits per heavy atom. The van der Waals surface area contributed by atoms with Crippen LogP contribution in [0.5, 0.6) is 0 Å². The van der Waals surface area contributed by atoms with E-state index in [1.54, 1.807) is 18.3 Å². The Kier molecular flexibility index (Phi) is 5.32. The average Bonchev–Trinajstić information content (AvgIpc) is 3.46. The van der Waals surface area contributed by atoms with E-state index in [4.69, 9.17) is 0 Å². The summed E-state index contributed by atoms with van der Waals surface area (Å²) < 4.78 is 0. The molecule has 0 aliphatic carbocycles. The third-order valence-corrected chi connectivity index (χ3v) is 5.92. The minimum Gasteiger partial charge on any atom is -0.396 e. The maximum atomic E-state index is 12.6. The molecule has 1 aromatic carbocycles. The van der Waals surface area contributed by atoms with Gasteiger partial charge in [0, 0.05) is 32.0 Å². The van der Waals surface area contributed by atoms with Gasteiger partial charge in [0.05, 0.1) is 16.6 Å². The molecule has 164 valence electrons. The van der Waals surface area contributed by atoms with E-state index in [-0.39, 0.29) is 12.5 Å². The molecule has 0 saturated carbocycles. The monoisotopic (exact) mass is 431 g/mol. The smallest absolute Gasteiger partial charge is 0.258 e. The highest BCUT2D eigenvalue weighted by atomic mass is 16.3. The summed E-state index contributed by atoms with van der Waals surface area (Å²) in [5, 5.41) is 19.2. The zero-order chi connectivity index (χ0) is 22.1. The highest BCUT2D eigenvalue weighted by Gasteiger charge is 2.20. The van der Waals surface area contributed by atoms with Crippen molar-refractivity contribution in [1.82, 2.24) is 25.1 Å². The Morgan fingerprint density at radius 3 is 2.81 bits per heavy atom. The lowest BCUT2D eigenvalue weighted by molar-refractivity contribution is 0.102. The summed E-state index contributed by atoms with van der Waals surface area (Å²) in [6.07, 6.45) is 3.48. The number of pyridine rings is 1. The molecule has 9 heteroatoms. The summed E-state index contributed by atoms with van der Waals surface area (Å²) in [7, 11) is 0. The standard InChI is InChI=1S/C23H25N7O2/c1-14-2-4-17-18(10-14)26-22(25-17)19-11-20(29-28-19)27-23(32)16-3-5-21(24-12-16)30-8-6-15(13-31)7-9-30/h2-5,10-12,15,31H,6-9,13H2,1H3,(H,25,26)(H2,27,28,29,32). The van der Waals surface area contributed by atoms with Crippen molar-refractivity contribution >= 4 is 28.6 Å². The number of benzene rings is 1. The number of amides is 1. The first-order valence-corrected chi connectivity index (χ1v) is 10.7. The summed E-state index contributed by atoms with van der Waals surface area (Å²) >= 11 is 0. The SMILES string of the molecule is Cc1ccc2nc(-c3cc(NC(=O)c4ccc(N5CCC(CO)CC5)nc4)n[nH]3)[nH]c2c1. The molecule has 3 aromatic heterocycles. The Bertz CT molecular complexity index is 1240. The van der Waals surface area contributed by atoms with Crippen LogP contribution in [0, 0.1) is 12.8 Å². The molecular weight excluding hydrogens is 406 g/mol. The molecule has 4 aromatic rings. The number of imidazole rings is 1. The zero-order valence-corrected chi connectivity index (χ0v) is 17.8. The second-order valence-electron chi connectivity index (χ2n) is 8.25. The molecule has 5 rings (SSSR count). The molecule has 0 atom stereocenters. The largest absolute Gasteiger partial charge is 0.396 e. The van der Waals surface area contributed by atoms with Crippen LogP contribution in [0.2, 0.25) is 0 Å². The van der Waals surface area contributed by atoms with E-state index in [9.17, 15) is 9.90 Å². The zero-order valence-electron chi connectivity index (χ0n) is 17.8. The molecule has 9 nitrogen and oxygen atoms in total. The number of aromatic nitrogens is 5. The summed E-state index contributed by atoms with van der Waals surface area (Å²) in [6.45, 7) is 4.00. The normalized spacial score (nSPS) is 14.8. The number of piperidine rings is 1. The summed E-state index contributed by atoms with van der Waals surface area (Å²) in [5.41, 5.74) is 4.13. The van der Waals surface area contributed by atoms with Crippen molar-refractivity contribution in [3.05, 3.63) is 53.7 Å². The van der Waals surface area contributed by atoms with Crippen molar-refractivity contribution in [3.8, 4) is 11.5 Å². The van der Waals surface area contributed by atoms with Gasteiger partial charge in [-0.15, -0.1) is 0 Å². The first-order valence-electron chi connectivity index (χ1n) is 10.7. The molecule has 1 saturated heterocycles. The van der Waals surface area contributed by atoms with Gasteiger partial charge < -0.3 is 20.3 Å².